The smallest absolute Gasteiger partial charge is 0.162 e. The fourth-order valence-corrected chi connectivity index (χ4v) is 4.48. The Morgan fingerprint density at radius 1 is 1.31 bits per heavy atom. The highest BCUT2D eigenvalue weighted by molar-refractivity contribution is 5.91. The Morgan fingerprint density at radius 2 is 2.17 bits per heavy atom. The number of morpholine rings is 1. The number of nitrogens with zero attached hydrogens (tertiary/aromatic N) is 5. The number of hydrogen-bond donors (Lipinski definition) is 1. The van der Waals surface area contributed by atoms with E-state index in [1.54, 1.807) is 6.20 Å². The lowest BCUT2D eigenvalue weighted by Crippen LogP contribution is -2.44. The fourth-order valence-electron chi connectivity index (χ4n) is 4.48. The first-order valence-corrected chi connectivity index (χ1v) is 10.1. The zero-order chi connectivity index (χ0) is 20.0. The second-order valence-corrected chi connectivity index (χ2v) is 8.47. The molecule has 2 fully saturated rings. The van der Waals surface area contributed by atoms with Gasteiger partial charge in [0.1, 0.15) is 11.5 Å². The molecule has 1 N–H and O–H groups in total. The molecule has 1 aliphatic heterocycles. The molecule has 148 valence electrons. The van der Waals surface area contributed by atoms with E-state index < -0.39 is 0 Å². The zero-order valence-electron chi connectivity index (χ0n) is 16.7. The maximum absolute atomic E-state index is 9.42. The van der Waals surface area contributed by atoms with Gasteiger partial charge in [-0.1, -0.05) is 0 Å². The average Bonchev–Trinajstić information content (AvgIpc) is 3.20. The Balaban J connectivity index is 1.61. The number of fused-ring (bicyclic) bond motifs is 1. The van der Waals surface area contributed by atoms with Gasteiger partial charge in [-0.3, -0.25) is 0 Å². The number of anilines is 1. The summed E-state index contributed by atoms with van der Waals surface area (Å²) in [6, 6.07) is 8.81. The largest absolute Gasteiger partial charge is 0.377 e. The van der Waals surface area contributed by atoms with E-state index in [1.807, 2.05) is 25.3 Å². The van der Waals surface area contributed by atoms with Gasteiger partial charge in [-0.05, 0) is 38.8 Å². The van der Waals surface area contributed by atoms with Crippen LogP contribution in [0.5, 0.6) is 0 Å². The van der Waals surface area contributed by atoms with Crippen molar-refractivity contribution in [1.82, 2.24) is 19.9 Å². The minimum absolute atomic E-state index is 0.243. The summed E-state index contributed by atoms with van der Waals surface area (Å²) in [7, 11) is 0. The summed E-state index contributed by atoms with van der Waals surface area (Å²) in [5.41, 5.74) is 2.59. The minimum atomic E-state index is -0.243. The number of nitrogens with one attached hydrogen (secondary N) is 1. The SMILES string of the molecule is CC1COCCN1c1cc(C2CC(C)(C#N)C2)nc(-c2ccnc3[nH]ccc23)n1. The van der Waals surface area contributed by atoms with Gasteiger partial charge in [-0.2, -0.15) is 5.26 Å². The Bertz CT molecular complexity index is 1090. The molecule has 1 saturated heterocycles. The summed E-state index contributed by atoms with van der Waals surface area (Å²) in [5, 5.41) is 10.4. The van der Waals surface area contributed by atoms with E-state index in [-0.39, 0.29) is 11.5 Å². The van der Waals surface area contributed by atoms with E-state index in [4.69, 9.17) is 14.7 Å². The van der Waals surface area contributed by atoms with Gasteiger partial charge in [-0.15, -0.1) is 0 Å². The third-order valence-corrected chi connectivity index (χ3v) is 6.18. The first-order chi connectivity index (χ1) is 14.1. The van der Waals surface area contributed by atoms with Crippen molar-refractivity contribution in [2.45, 2.75) is 38.6 Å². The number of hydrogen-bond acceptors (Lipinski definition) is 6. The van der Waals surface area contributed by atoms with Crippen molar-refractivity contribution in [2.24, 2.45) is 5.41 Å². The van der Waals surface area contributed by atoms with Crippen LogP contribution in [0.1, 0.15) is 38.3 Å². The van der Waals surface area contributed by atoms with Crippen LogP contribution in [0.4, 0.5) is 5.82 Å². The summed E-state index contributed by atoms with van der Waals surface area (Å²) in [5.74, 6) is 1.95. The van der Waals surface area contributed by atoms with Gasteiger partial charge in [0.05, 0.1) is 30.7 Å². The Kier molecular flexibility index (Phi) is 4.25. The molecule has 0 spiro atoms. The standard InChI is InChI=1S/C22H24N6O/c1-14-12-29-8-7-28(14)19-9-18(15-10-22(2,11-15)13-23)26-21(27-19)17-4-6-25-20-16(17)3-5-24-20/h3-6,9,14-15H,7-8,10-12H2,1-2H3,(H,24,25). The lowest BCUT2D eigenvalue weighted by atomic mass is 9.63. The quantitative estimate of drug-likeness (QED) is 0.736. The van der Waals surface area contributed by atoms with Crippen molar-refractivity contribution in [3.63, 3.8) is 0 Å². The van der Waals surface area contributed by atoms with Crippen molar-refractivity contribution >= 4 is 16.9 Å². The van der Waals surface area contributed by atoms with Gasteiger partial charge in [0, 0.05) is 47.6 Å². The molecule has 0 aromatic carbocycles. The van der Waals surface area contributed by atoms with Crippen LogP contribution >= 0.6 is 0 Å². The monoisotopic (exact) mass is 388 g/mol. The van der Waals surface area contributed by atoms with Crippen molar-refractivity contribution in [3.8, 4) is 17.5 Å². The van der Waals surface area contributed by atoms with Gasteiger partial charge >= 0.3 is 0 Å². The van der Waals surface area contributed by atoms with Crippen LogP contribution in [0.3, 0.4) is 0 Å². The minimum Gasteiger partial charge on any atom is -0.377 e. The Hall–Kier alpha value is -2.98. The summed E-state index contributed by atoms with van der Waals surface area (Å²) in [6.45, 7) is 6.40. The molecule has 5 rings (SSSR count). The first kappa shape index (κ1) is 18.1. The zero-order valence-corrected chi connectivity index (χ0v) is 16.7. The molecule has 0 amide bonds. The van der Waals surface area contributed by atoms with Crippen LogP contribution in [0.15, 0.2) is 30.6 Å². The lowest BCUT2D eigenvalue weighted by Gasteiger charge is -2.40. The first-order valence-electron chi connectivity index (χ1n) is 10.1. The van der Waals surface area contributed by atoms with Crippen molar-refractivity contribution in [2.75, 3.05) is 24.7 Å². The topological polar surface area (TPSA) is 90.7 Å². The summed E-state index contributed by atoms with van der Waals surface area (Å²) in [4.78, 5) is 19.8. The number of pyridine rings is 1. The maximum atomic E-state index is 9.42. The summed E-state index contributed by atoms with van der Waals surface area (Å²) < 4.78 is 5.61. The lowest BCUT2D eigenvalue weighted by molar-refractivity contribution is 0.0985. The van der Waals surface area contributed by atoms with Gasteiger partial charge in [0.25, 0.3) is 0 Å². The van der Waals surface area contributed by atoms with E-state index in [0.29, 0.717) is 25.0 Å². The molecular weight excluding hydrogens is 364 g/mol. The summed E-state index contributed by atoms with van der Waals surface area (Å²) >= 11 is 0. The highest BCUT2D eigenvalue weighted by atomic mass is 16.5. The molecule has 7 nitrogen and oxygen atoms in total. The Morgan fingerprint density at radius 3 is 2.97 bits per heavy atom. The van der Waals surface area contributed by atoms with E-state index in [2.05, 4.69) is 33.9 Å². The molecule has 3 aromatic rings. The third-order valence-electron chi connectivity index (χ3n) is 6.18. The van der Waals surface area contributed by atoms with E-state index in [0.717, 1.165) is 47.5 Å². The van der Waals surface area contributed by atoms with Gasteiger partial charge in [-0.25, -0.2) is 15.0 Å². The Labute approximate surface area is 169 Å². The van der Waals surface area contributed by atoms with Crippen LogP contribution < -0.4 is 4.90 Å². The predicted octanol–water partition coefficient (Wildman–Crippen LogP) is 3.65. The number of H-pyrrole nitrogens is 1. The van der Waals surface area contributed by atoms with Gasteiger partial charge < -0.3 is 14.6 Å². The van der Waals surface area contributed by atoms with Crippen LogP contribution in [0.25, 0.3) is 22.4 Å². The molecule has 7 heteroatoms. The van der Waals surface area contributed by atoms with Crippen LogP contribution in [-0.2, 0) is 4.74 Å². The molecule has 2 aliphatic rings. The normalized spacial score (nSPS) is 26.9. The van der Waals surface area contributed by atoms with Crippen molar-refractivity contribution < 1.29 is 4.74 Å². The number of nitriles is 1. The number of rotatable bonds is 3. The van der Waals surface area contributed by atoms with Crippen molar-refractivity contribution in [3.05, 3.63) is 36.3 Å². The van der Waals surface area contributed by atoms with Crippen LogP contribution in [0, 0.1) is 16.7 Å². The predicted molar refractivity (Wildman–Crippen MR) is 110 cm³/mol. The third kappa shape index (κ3) is 3.14. The molecule has 1 aliphatic carbocycles. The second-order valence-electron chi connectivity index (χ2n) is 8.47. The van der Waals surface area contributed by atoms with Gasteiger partial charge in [0.15, 0.2) is 5.82 Å². The number of aromatic nitrogens is 4. The maximum Gasteiger partial charge on any atom is 0.162 e. The summed E-state index contributed by atoms with van der Waals surface area (Å²) in [6.07, 6.45) is 5.36. The average molecular weight is 388 g/mol. The van der Waals surface area contributed by atoms with E-state index in [9.17, 15) is 5.26 Å². The molecule has 4 heterocycles. The van der Waals surface area contributed by atoms with Gasteiger partial charge in [0.2, 0.25) is 0 Å². The molecule has 1 unspecified atom stereocenters. The second kappa shape index (κ2) is 6.82. The molecule has 0 radical (unpaired) electrons. The van der Waals surface area contributed by atoms with Crippen LogP contribution in [0.2, 0.25) is 0 Å². The number of aromatic amines is 1. The molecule has 1 saturated carbocycles. The van der Waals surface area contributed by atoms with E-state index in [1.165, 1.54) is 0 Å². The molecule has 0 bridgehead atoms. The highest BCUT2D eigenvalue weighted by Gasteiger charge is 2.42. The molecule has 29 heavy (non-hydrogen) atoms. The highest BCUT2D eigenvalue weighted by Crippen LogP contribution is 2.50. The van der Waals surface area contributed by atoms with Crippen molar-refractivity contribution in [1.29, 1.82) is 5.26 Å². The molecular formula is C22H24N6O. The van der Waals surface area contributed by atoms with Crippen LogP contribution in [-0.4, -0.2) is 45.7 Å². The molecule has 1 atom stereocenters. The number of ether oxygens (including phenoxy) is 1. The molecule has 3 aromatic heterocycles. The fraction of sp³-hybridized carbons (Fsp3) is 0.455. The van der Waals surface area contributed by atoms with E-state index >= 15 is 0 Å².